The van der Waals surface area contributed by atoms with Gasteiger partial charge in [-0.3, -0.25) is 0 Å². The van der Waals surface area contributed by atoms with E-state index >= 15 is 0 Å². The SMILES string of the molecule is c1ccc(-c2cccc3ccccc23)c(-c2ccc(N(c3ccc4sc5ccccc5c4c3)c3cc4ccccc4c4ccccc34)cc2)c1. The summed E-state index contributed by atoms with van der Waals surface area (Å²) in [4.78, 5) is 2.45. The van der Waals surface area contributed by atoms with E-state index < -0.39 is 0 Å². The Morgan fingerprint density at radius 2 is 0.900 bits per heavy atom. The van der Waals surface area contributed by atoms with E-state index in [4.69, 9.17) is 0 Å². The third kappa shape index (κ3) is 4.69. The summed E-state index contributed by atoms with van der Waals surface area (Å²) in [6.45, 7) is 0. The Morgan fingerprint density at radius 3 is 1.74 bits per heavy atom. The smallest absolute Gasteiger partial charge is 0.0546 e. The summed E-state index contributed by atoms with van der Waals surface area (Å²) in [7, 11) is 0. The Morgan fingerprint density at radius 1 is 0.320 bits per heavy atom. The maximum Gasteiger partial charge on any atom is 0.0546 e. The van der Waals surface area contributed by atoms with Crippen molar-refractivity contribution < 1.29 is 0 Å². The van der Waals surface area contributed by atoms with Gasteiger partial charge in [0.15, 0.2) is 0 Å². The second-order valence-electron chi connectivity index (χ2n) is 12.9. The van der Waals surface area contributed by atoms with Gasteiger partial charge in [-0.1, -0.05) is 146 Å². The fraction of sp³-hybridized carbons (Fsp3) is 0. The predicted octanol–water partition coefficient (Wildman–Crippen LogP) is 14.3. The second kappa shape index (κ2) is 11.7. The highest BCUT2D eigenvalue weighted by molar-refractivity contribution is 7.25. The molecule has 0 atom stereocenters. The minimum Gasteiger partial charge on any atom is -0.310 e. The molecule has 1 nitrogen and oxygen atoms in total. The third-order valence-electron chi connectivity index (χ3n) is 10.0. The number of rotatable bonds is 5. The maximum absolute atomic E-state index is 2.45. The first-order valence-corrected chi connectivity index (χ1v) is 17.9. The molecule has 10 rings (SSSR count). The quantitative estimate of drug-likeness (QED) is 0.167. The summed E-state index contributed by atoms with van der Waals surface area (Å²) in [5.74, 6) is 0. The molecule has 0 bridgehead atoms. The lowest BCUT2D eigenvalue weighted by atomic mass is 9.91. The average molecular weight is 654 g/mol. The van der Waals surface area contributed by atoms with Crippen LogP contribution in [0.1, 0.15) is 0 Å². The van der Waals surface area contributed by atoms with Gasteiger partial charge >= 0.3 is 0 Å². The van der Waals surface area contributed by atoms with Gasteiger partial charge in [-0.25, -0.2) is 0 Å². The van der Waals surface area contributed by atoms with Crippen molar-refractivity contribution in [2.75, 3.05) is 4.90 Å². The minimum atomic E-state index is 1.12. The molecule has 2 heteroatoms. The number of anilines is 3. The van der Waals surface area contributed by atoms with Gasteiger partial charge in [-0.05, 0) is 91.6 Å². The molecule has 0 aliphatic rings. The van der Waals surface area contributed by atoms with Crippen LogP contribution in [0.3, 0.4) is 0 Å². The van der Waals surface area contributed by atoms with Gasteiger partial charge < -0.3 is 4.90 Å². The van der Waals surface area contributed by atoms with Crippen LogP contribution in [-0.2, 0) is 0 Å². The highest BCUT2D eigenvalue weighted by Gasteiger charge is 2.19. The van der Waals surface area contributed by atoms with Crippen LogP contribution in [0.25, 0.3) is 74.7 Å². The zero-order chi connectivity index (χ0) is 33.0. The fourth-order valence-electron chi connectivity index (χ4n) is 7.72. The van der Waals surface area contributed by atoms with Gasteiger partial charge in [-0.2, -0.15) is 0 Å². The molecule has 0 amide bonds. The van der Waals surface area contributed by atoms with Gasteiger partial charge in [0.2, 0.25) is 0 Å². The molecular formula is C48H31NS. The average Bonchev–Trinajstić information content (AvgIpc) is 3.56. The monoisotopic (exact) mass is 653 g/mol. The van der Waals surface area contributed by atoms with Crippen LogP contribution in [0.15, 0.2) is 188 Å². The van der Waals surface area contributed by atoms with E-state index in [1.54, 1.807) is 0 Å². The Bertz CT molecular complexity index is 2870. The lowest BCUT2D eigenvalue weighted by molar-refractivity contribution is 1.31. The molecule has 0 spiro atoms. The first-order valence-electron chi connectivity index (χ1n) is 17.1. The van der Waals surface area contributed by atoms with E-state index in [1.165, 1.54) is 80.4 Å². The number of hydrogen-bond acceptors (Lipinski definition) is 2. The zero-order valence-corrected chi connectivity index (χ0v) is 28.1. The van der Waals surface area contributed by atoms with Crippen LogP contribution in [0, 0.1) is 0 Å². The topological polar surface area (TPSA) is 3.24 Å². The van der Waals surface area contributed by atoms with Crippen LogP contribution >= 0.6 is 11.3 Å². The standard InChI is InChI=1S/C48H31NS/c1-3-15-37-32(12-1)14-11-22-41(37)40-18-6-5-16-38(40)33-24-26-35(27-25-33)49(36-28-29-48-45(31-36)44-21-9-10-23-47(44)50-48)46-30-34-13-2-4-17-39(34)42-19-7-8-20-43(42)46/h1-31H. The summed E-state index contributed by atoms with van der Waals surface area (Å²) in [6.07, 6.45) is 0. The Labute approximate surface area is 294 Å². The molecule has 1 heterocycles. The minimum absolute atomic E-state index is 1.12. The Kier molecular flexibility index (Phi) is 6.75. The molecule has 0 aliphatic carbocycles. The molecule has 0 radical (unpaired) electrons. The van der Waals surface area contributed by atoms with Crippen LogP contribution in [0.5, 0.6) is 0 Å². The molecule has 9 aromatic carbocycles. The highest BCUT2D eigenvalue weighted by Crippen LogP contribution is 2.45. The number of thiophene rings is 1. The summed E-state index contributed by atoms with van der Waals surface area (Å²) in [6, 6.07) is 68.8. The van der Waals surface area contributed by atoms with E-state index in [9.17, 15) is 0 Å². The largest absolute Gasteiger partial charge is 0.310 e. The van der Waals surface area contributed by atoms with E-state index in [1.807, 2.05) is 11.3 Å². The lowest BCUT2D eigenvalue weighted by Crippen LogP contribution is -2.10. The fourth-order valence-corrected chi connectivity index (χ4v) is 8.81. The third-order valence-corrected chi connectivity index (χ3v) is 11.2. The van der Waals surface area contributed by atoms with Crippen molar-refractivity contribution in [3.05, 3.63) is 188 Å². The summed E-state index contributed by atoms with van der Waals surface area (Å²) >= 11 is 1.86. The molecule has 50 heavy (non-hydrogen) atoms. The van der Waals surface area contributed by atoms with Crippen molar-refractivity contribution in [2.45, 2.75) is 0 Å². The summed E-state index contributed by atoms with van der Waals surface area (Å²) in [5.41, 5.74) is 8.35. The van der Waals surface area contributed by atoms with Gasteiger partial charge in [0.05, 0.1) is 5.69 Å². The molecule has 0 saturated heterocycles. The van der Waals surface area contributed by atoms with Crippen molar-refractivity contribution >= 4 is 80.9 Å². The van der Waals surface area contributed by atoms with E-state index in [2.05, 4.69) is 193 Å². The van der Waals surface area contributed by atoms with Crippen LogP contribution in [-0.4, -0.2) is 0 Å². The first-order chi connectivity index (χ1) is 24.8. The Balaban J connectivity index is 1.17. The first kappa shape index (κ1) is 28.8. The molecule has 1 aromatic heterocycles. The van der Waals surface area contributed by atoms with Crippen LogP contribution in [0.2, 0.25) is 0 Å². The molecular weight excluding hydrogens is 623 g/mol. The van der Waals surface area contributed by atoms with Crippen LogP contribution < -0.4 is 4.90 Å². The van der Waals surface area contributed by atoms with Crippen LogP contribution in [0.4, 0.5) is 17.1 Å². The molecule has 0 unspecified atom stereocenters. The predicted molar refractivity (Wildman–Crippen MR) is 217 cm³/mol. The molecule has 0 fully saturated rings. The maximum atomic E-state index is 2.45. The second-order valence-corrected chi connectivity index (χ2v) is 14.0. The van der Waals surface area contributed by atoms with E-state index in [0.717, 1.165) is 11.4 Å². The lowest BCUT2D eigenvalue weighted by Gasteiger charge is -2.28. The molecule has 234 valence electrons. The van der Waals surface area contributed by atoms with E-state index in [0.29, 0.717) is 0 Å². The van der Waals surface area contributed by atoms with Crippen molar-refractivity contribution in [3.63, 3.8) is 0 Å². The van der Waals surface area contributed by atoms with Gasteiger partial charge in [0.25, 0.3) is 0 Å². The number of hydrogen-bond donors (Lipinski definition) is 0. The molecule has 10 aromatic rings. The molecule has 0 saturated carbocycles. The van der Waals surface area contributed by atoms with Crippen molar-refractivity contribution in [3.8, 4) is 22.3 Å². The number of nitrogens with zero attached hydrogens (tertiary/aromatic N) is 1. The van der Waals surface area contributed by atoms with Gasteiger partial charge in [0, 0.05) is 36.9 Å². The van der Waals surface area contributed by atoms with Crippen molar-refractivity contribution in [2.24, 2.45) is 0 Å². The number of benzene rings is 9. The van der Waals surface area contributed by atoms with Gasteiger partial charge in [0.1, 0.15) is 0 Å². The van der Waals surface area contributed by atoms with Crippen molar-refractivity contribution in [1.82, 2.24) is 0 Å². The highest BCUT2D eigenvalue weighted by atomic mass is 32.1. The normalized spacial score (nSPS) is 11.6. The molecule has 0 aliphatic heterocycles. The summed E-state index contributed by atoms with van der Waals surface area (Å²) < 4.78 is 2.62. The van der Waals surface area contributed by atoms with Crippen molar-refractivity contribution in [1.29, 1.82) is 0 Å². The summed E-state index contributed by atoms with van der Waals surface area (Å²) in [5, 5.41) is 10.1. The van der Waals surface area contributed by atoms with Gasteiger partial charge in [-0.15, -0.1) is 11.3 Å². The Hall–Kier alpha value is -6.22. The molecule has 0 N–H and O–H groups in total. The number of fused-ring (bicyclic) bond motifs is 7. The zero-order valence-electron chi connectivity index (χ0n) is 27.3. The van der Waals surface area contributed by atoms with E-state index in [-0.39, 0.29) is 0 Å².